The lowest BCUT2D eigenvalue weighted by molar-refractivity contribution is 0.538. The lowest BCUT2D eigenvalue weighted by Crippen LogP contribution is -2.12. The molecule has 1 aromatic carbocycles. The highest BCUT2D eigenvalue weighted by Gasteiger charge is 2.00. The van der Waals surface area contributed by atoms with Crippen molar-refractivity contribution >= 4 is 5.69 Å². The third-order valence-corrected chi connectivity index (χ3v) is 2.33. The maximum Gasteiger partial charge on any atom is 0.0340 e. The van der Waals surface area contributed by atoms with Gasteiger partial charge in [-0.05, 0) is 37.4 Å². The van der Waals surface area contributed by atoms with E-state index in [0.29, 0.717) is 5.92 Å². The van der Waals surface area contributed by atoms with Gasteiger partial charge >= 0.3 is 0 Å². The zero-order valence-corrected chi connectivity index (χ0v) is 8.87. The van der Waals surface area contributed by atoms with Gasteiger partial charge in [0, 0.05) is 12.2 Å². The summed E-state index contributed by atoms with van der Waals surface area (Å²) < 4.78 is 0. The molecule has 0 bridgehead atoms. The summed E-state index contributed by atoms with van der Waals surface area (Å²) in [6.07, 6.45) is 2.33. The number of rotatable bonds is 6. The molecule has 78 valence electrons. The summed E-state index contributed by atoms with van der Waals surface area (Å²) >= 11 is 0. The van der Waals surface area contributed by atoms with Gasteiger partial charge in [0.2, 0.25) is 0 Å². The fourth-order valence-electron chi connectivity index (χ4n) is 1.42. The molecular weight excluding hydrogens is 172 g/mol. The summed E-state index contributed by atoms with van der Waals surface area (Å²) in [5.41, 5.74) is 6.66. The number of hydrogen-bond acceptors (Lipinski definition) is 2. The Balaban J connectivity index is 2.20. The summed E-state index contributed by atoms with van der Waals surface area (Å²) in [6, 6.07) is 10.3. The predicted molar refractivity (Wildman–Crippen MR) is 62.4 cm³/mol. The molecule has 0 fully saturated rings. The highest BCUT2D eigenvalue weighted by molar-refractivity contribution is 5.42. The Morgan fingerprint density at radius 1 is 1.29 bits per heavy atom. The first kappa shape index (κ1) is 11.1. The van der Waals surface area contributed by atoms with Crippen LogP contribution in [-0.4, -0.2) is 13.1 Å². The molecule has 2 heteroatoms. The quantitative estimate of drug-likeness (QED) is 0.726. The minimum Gasteiger partial charge on any atom is -0.385 e. The van der Waals surface area contributed by atoms with Gasteiger partial charge in [-0.25, -0.2) is 0 Å². The molecule has 0 spiro atoms. The lowest BCUT2D eigenvalue weighted by Gasteiger charge is -2.12. The summed E-state index contributed by atoms with van der Waals surface area (Å²) in [7, 11) is 0. The van der Waals surface area contributed by atoms with Crippen molar-refractivity contribution in [2.45, 2.75) is 19.8 Å². The summed E-state index contributed by atoms with van der Waals surface area (Å²) in [5.74, 6) is 0.693. The molecule has 0 saturated heterocycles. The number of para-hydroxylation sites is 1. The number of nitrogens with two attached hydrogens (primary N) is 1. The second-order valence-electron chi connectivity index (χ2n) is 3.78. The summed E-state index contributed by atoms with van der Waals surface area (Å²) in [4.78, 5) is 0. The molecule has 0 amide bonds. The van der Waals surface area contributed by atoms with Crippen LogP contribution in [0, 0.1) is 5.92 Å². The van der Waals surface area contributed by atoms with Crippen LogP contribution in [0.3, 0.4) is 0 Å². The van der Waals surface area contributed by atoms with Crippen molar-refractivity contribution in [2.24, 2.45) is 11.7 Å². The molecule has 2 nitrogen and oxygen atoms in total. The van der Waals surface area contributed by atoms with Crippen molar-refractivity contribution in [3.8, 4) is 0 Å². The second kappa shape index (κ2) is 6.44. The van der Waals surface area contributed by atoms with E-state index in [4.69, 9.17) is 5.73 Å². The molecule has 0 aliphatic rings. The van der Waals surface area contributed by atoms with E-state index in [9.17, 15) is 0 Å². The molecule has 0 heterocycles. The highest BCUT2D eigenvalue weighted by Crippen LogP contribution is 2.09. The third kappa shape index (κ3) is 4.28. The fourth-order valence-corrected chi connectivity index (χ4v) is 1.42. The molecule has 3 N–H and O–H groups in total. The van der Waals surface area contributed by atoms with E-state index >= 15 is 0 Å². The molecule has 0 radical (unpaired) electrons. The second-order valence-corrected chi connectivity index (χ2v) is 3.78. The van der Waals surface area contributed by atoms with Crippen LogP contribution in [0.4, 0.5) is 5.69 Å². The largest absolute Gasteiger partial charge is 0.385 e. The molecule has 0 aliphatic heterocycles. The first-order valence-electron chi connectivity index (χ1n) is 5.32. The molecular formula is C12H20N2. The zero-order valence-electron chi connectivity index (χ0n) is 8.87. The molecule has 1 rings (SSSR count). The molecule has 0 saturated carbocycles. The van der Waals surface area contributed by atoms with Crippen molar-refractivity contribution in [3.63, 3.8) is 0 Å². The predicted octanol–water partition coefficient (Wildman–Crippen LogP) is 2.47. The summed E-state index contributed by atoms with van der Waals surface area (Å²) in [5, 5.41) is 3.41. The van der Waals surface area contributed by atoms with Gasteiger partial charge in [-0.3, -0.25) is 0 Å². The molecule has 1 aromatic rings. The number of nitrogens with one attached hydrogen (secondary N) is 1. The monoisotopic (exact) mass is 192 g/mol. The van der Waals surface area contributed by atoms with Gasteiger partial charge in [0.25, 0.3) is 0 Å². The Bertz CT molecular complexity index is 233. The van der Waals surface area contributed by atoms with Crippen molar-refractivity contribution in [3.05, 3.63) is 30.3 Å². The van der Waals surface area contributed by atoms with Crippen LogP contribution < -0.4 is 11.1 Å². The number of anilines is 1. The van der Waals surface area contributed by atoms with Gasteiger partial charge in [0.15, 0.2) is 0 Å². The van der Waals surface area contributed by atoms with E-state index in [2.05, 4.69) is 24.4 Å². The van der Waals surface area contributed by atoms with Crippen LogP contribution >= 0.6 is 0 Å². The van der Waals surface area contributed by atoms with Crippen LogP contribution in [0.25, 0.3) is 0 Å². The fraction of sp³-hybridized carbons (Fsp3) is 0.500. The Labute approximate surface area is 86.5 Å². The highest BCUT2D eigenvalue weighted by atomic mass is 14.9. The third-order valence-electron chi connectivity index (χ3n) is 2.33. The first-order valence-corrected chi connectivity index (χ1v) is 5.32. The van der Waals surface area contributed by atoms with Crippen molar-refractivity contribution in [1.82, 2.24) is 0 Å². The van der Waals surface area contributed by atoms with Gasteiger partial charge in [-0.15, -0.1) is 0 Å². The SMILES string of the molecule is CC(CCCN)CNc1ccccc1. The van der Waals surface area contributed by atoms with E-state index in [1.165, 1.54) is 12.1 Å². The Kier molecular flexibility index (Phi) is 5.08. The van der Waals surface area contributed by atoms with Crippen LogP contribution in [0.2, 0.25) is 0 Å². The van der Waals surface area contributed by atoms with Crippen LogP contribution in [0.15, 0.2) is 30.3 Å². The minimum absolute atomic E-state index is 0.693. The standard InChI is InChI=1S/C12H20N2/c1-11(6-5-9-13)10-14-12-7-3-2-4-8-12/h2-4,7-8,11,14H,5-6,9-10,13H2,1H3. The molecule has 14 heavy (non-hydrogen) atoms. The van der Waals surface area contributed by atoms with E-state index < -0.39 is 0 Å². The van der Waals surface area contributed by atoms with Gasteiger partial charge in [0.1, 0.15) is 0 Å². The van der Waals surface area contributed by atoms with E-state index in [-0.39, 0.29) is 0 Å². The normalized spacial score (nSPS) is 12.4. The zero-order chi connectivity index (χ0) is 10.2. The van der Waals surface area contributed by atoms with Crippen molar-refractivity contribution < 1.29 is 0 Å². The van der Waals surface area contributed by atoms with Crippen LogP contribution in [0.1, 0.15) is 19.8 Å². The Hall–Kier alpha value is -1.02. The van der Waals surface area contributed by atoms with Crippen molar-refractivity contribution in [1.29, 1.82) is 0 Å². The maximum absolute atomic E-state index is 5.46. The average Bonchev–Trinajstić information content (AvgIpc) is 2.25. The maximum atomic E-state index is 5.46. The van der Waals surface area contributed by atoms with Gasteiger partial charge in [-0.1, -0.05) is 25.1 Å². The first-order chi connectivity index (χ1) is 6.83. The van der Waals surface area contributed by atoms with Gasteiger partial charge < -0.3 is 11.1 Å². The van der Waals surface area contributed by atoms with Gasteiger partial charge in [-0.2, -0.15) is 0 Å². The van der Waals surface area contributed by atoms with Crippen molar-refractivity contribution in [2.75, 3.05) is 18.4 Å². The topological polar surface area (TPSA) is 38.0 Å². The lowest BCUT2D eigenvalue weighted by atomic mass is 10.1. The Morgan fingerprint density at radius 3 is 2.64 bits per heavy atom. The van der Waals surface area contributed by atoms with E-state index in [0.717, 1.165) is 19.5 Å². The van der Waals surface area contributed by atoms with Crippen LogP contribution in [-0.2, 0) is 0 Å². The van der Waals surface area contributed by atoms with Crippen LogP contribution in [0.5, 0.6) is 0 Å². The minimum atomic E-state index is 0.693. The molecule has 0 aromatic heterocycles. The molecule has 1 unspecified atom stereocenters. The molecule has 0 aliphatic carbocycles. The molecule has 1 atom stereocenters. The van der Waals surface area contributed by atoms with E-state index in [1.807, 2.05) is 18.2 Å². The number of hydrogen-bond donors (Lipinski definition) is 2. The summed E-state index contributed by atoms with van der Waals surface area (Å²) in [6.45, 7) is 4.09. The van der Waals surface area contributed by atoms with Gasteiger partial charge in [0.05, 0.1) is 0 Å². The average molecular weight is 192 g/mol. The number of benzene rings is 1. The Morgan fingerprint density at radius 2 is 2.00 bits per heavy atom. The van der Waals surface area contributed by atoms with E-state index in [1.54, 1.807) is 0 Å². The smallest absolute Gasteiger partial charge is 0.0340 e.